The number of benzene rings is 1. The van der Waals surface area contributed by atoms with Crippen molar-refractivity contribution in [1.82, 2.24) is 9.21 Å². The molecule has 0 amide bonds. The number of piperidine rings is 1. The minimum atomic E-state index is -3.40. The molecule has 2 heterocycles. The van der Waals surface area contributed by atoms with E-state index in [1.165, 1.54) is 23.8 Å². The fraction of sp³-hybridized carbons (Fsp3) is 0.700. The van der Waals surface area contributed by atoms with Crippen LogP contribution in [0.15, 0.2) is 29.2 Å². The van der Waals surface area contributed by atoms with Crippen molar-refractivity contribution in [1.29, 1.82) is 0 Å². The number of sulfonamides is 1. The molecule has 0 radical (unpaired) electrons. The highest BCUT2D eigenvalue weighted by molar-refractivity contribution is 7.89. The highest BCUT2D eigenvalue weighted by atomic mass is 32.2. The summed E-state index contributed by atoms with van der Waals surface area (Å²) < 4.78 is 32.3. The lowest BCUT2D eigenvalue weighted by molar-refractivity contribution is 0.0730. The van der Waals surface area contributed by atoms with E-state index in [1.807, 2.05) is 32.0 Å². The monoisotopic (exact) mass is 380 g/mol. The minimum absolute atomic E-state index is 0.415. The van der Waals surface area contributed by atoms with Crippen molar-refractivity contribution < 1.29 is 13.2 Å². The van der Waals surface area contributed by atoms with Gasteiger partial charge in [-0.3, -0.25) is 4.90 Å². The molecule has 0 aromatic heterocycles. The number of nitrogens with zero attached hydrogens (tertiary/aromatic N) is 2. The van der Waals surface area contributed by atoms with E-state index < -0.39 is 10.0 Å². The predicted octanol–water partition coefficient (Wildman–Crippen LogP) is 2.82. The summed E-state index contributed by atoms with van der Waals surface area (Å²) in [6.45, 7) is 11.3. The number of rotatable bonds is 5. The first kappa shape index (κ1) is 19.8. The van der Waals surface area contributed by atoms with Crippen LogP contribution in [-0.4, -0.2) is 57.0 Å². The first-order chi connectivity index (χ1) is 12.6. The van der Waals surface area contributed by atoms with Crippen molar-refractivity contribution in [2.45, 2.75) is 38.6 Å². The Morgan fingerprint density at radius 2 is 1.77 bits per heavy atom. The van der Waals surface area contributed by atoms with Crippen molar-refractivity contribution in [3.8, 4) is 0 Å². The van der Waals surface area contributed by atoms with Crippen LogP contribution in [0.25, 0.3) is 0 Å². The average Bonchev–Trinajstić information content (AvgIpc) is 3.17. The maximum atomic E-state index is 12.8. The number of hydrogen-bond donors (Lipinski definition) is 0. The van der Waals surface area contributed by atoms with Gasteiger partial charge in [0.1, 0.15) is 0 Å². The SMILES string of the molecule is CC.CCC1C2CN(Cc3cccc(S(=O)(=O)N4CCOCC4)c3)CC12. The van der Waals surface area contributed by atoms with E-state index in [-0.39, 0.29) is 0 Å². The summed E-state index contributed by atoms with van der Waals surface area (Å²) in [4.78, 5) is 2.89. The first-order valence-electron chi connectivity index (χ1n) is 9.99. The topological polar surface area (TPSA) is 49.9 Å². The van der Waals surface area contributed by atoms with Crippen LogP contribution in [0.2, 0.25) is 0 Å². The lowest BCUT2D eigenvalue weighted by atomic mass is 10.2. The van der Waals surface area contributed by atoms with E-state index in [4.69, 9.17) is 4.74 Å². The largest absolute Gasteiger partial charge is 0.379 e. The molecule has 1 aliphatic carbocycles. The third-order valence-electron chi connectivity index (χ3n) is 5.83. The molecule has 0 spiro atoms. The molecule has 2 unspecified atom stereocenters. The van der Waals surface area contributed by atoms with Crippen molar-refractivity contribution in [3.05, 3.63) is 29.8 Å². The Kier molecular flexibility index (Phi) is 6.38. The molecule has 0 bridgehead atoms. The zero-order valence-electron chi connectivity index (χ0n) is 16.2. The van der Waals surface area contributed by atoms with Crippen LogP contribution in [-0.2, 0) is 21.3 Å². The molecule has 2 saturated heterocycles. The second kappa shape index (κ2) is 8.38. The van der Waals surface area contributed by atoms with Crippen molar-refractivity contribution in [2.75, 3.05) is 39.4 Å². The van der Waals surface area contributed by atoms with Gasteiger partial charge in [-0.1, -0.05) is 39.3 Å². The number of ether oxygens (including phenoxy) is 1. The molecule has 1 aromatic rings. The standard InChI is InChI=1S/C18H26N2O3S.C2H6/c1-2-16-17-12-19(13-18(16)17)11-14-4-3-5-15(10-14)24(21,22)20-6-8-23-9-7-20;1-2/h3-5,10,16-18H,2,6-9,11-13H2,1H3;1-2H3. The van der Waals surface area contributed by atoms with Gasteiger partial charge in [0.2, 0.25) is 10.0 Å². The molecular formula is C20H32N2O3S. The van der Waals surface area contributed by atoms with Crippen LogP contribution in [0.1, 0.15) is 32.8 Å². The number of fused-ring (bicyclic) bond motifs is 1. The predicted molar refractivity (Wildman–Crippen MR) is 103 cm³/mol. The van der Waals surface area contributed by atoms with Crippen molar-refractivity contribution in [3.63, 3.8) is 0 Å². The van der Waals surface area contributed by atoms with E-state index in [1.54, 1.807) is 6.07 Å². The molecule has 4 rings (SSSR count). The Balaban J connectivity index is 0.000000948. The fourth-order valence-electron chi connectivity index (χ4n) is 4.47. The van der Waals surface area contributed by atoms with Crippen LogP contribution in [0, 0.1) is 17.8 Å². The third-order valence-corrected chi connectivity index (χ3v) is 7.73. The first-order valence-corrected chi connectivity index (χ1v) is 11.4. The van der Waals surface area contributed by atoms with E-state index in [9.17, 15) is 8.42 Å². The highest BCUT2D eigenvalue weighted by Crippen LogP contribution is 2.53. The van der Waals surface area contributed by atoms with Gasteiger partial charge in [-0.15, -0.1) is 0 Å². The average molecular weight is 381 g/mol. The van der Waals surface area contributed by atoms with Crippen LogP contribution in [0.4, 0.5) is 0 Å². The van der Waals surface area contributed by atoms with E-state index in [0.29, 0.717) is 31.2 Å². The molecule has 2 aliphatic heterocycles. The van der Waals surface area contributed by atoms with E-state index in [2.05, 4.69) is 11.8 Å². The second-order valence-corrected chi connectivity index (χ2v) is 9.20. The van der Waals surface area contributed by atoms with Gasteiger partial charge < -0.3 is 4.74 Å². The lowest BCUT2D eigenvalue weighted by Gasteiger charge is -2.26. The van der Waals surface area contributed by atoms with E-state index >= 15 is 0 Å². The number of hydrogen-bond acceptors (Lipinski definition) is 4. The van der Waals surface area contributed by atoms with Gasteiger partial charge in [0.25, 0.3) is 0 Å². The molecule has 146 valence electrons. The summed E-state index contributed by atoms with van der Waals surface area (Å²) in [5, 5.41) is 0. The quantitative estimate of drug-likeness (QED) is 0.788. The maximum absolute atomic E-state index is 12.8. The lowest BCUT2D eigenvalue weighted by Crippen LogP contribution is -2.40. The molecule has 5 nitrogen and oxygen atoms in total. The summed E-state index contributed by atoms with van der Waals surface area (Å²) in [5.74, 6) is 2.71. The molecule has 3 aliphatic rings. The number of likely N-dealkylation sites (tertiary alicyclic amines) is 1. The molecule has 26 heavy (non-hydrogen) atoms. The van der Waals surface area contributed by atoms with Gasteiger partial charge in [0.15, 0.2) is 0 Å². The minimum Gasteiger partial charge on any atom is -0.379 e. The summed E-state index contributed by atoms with van der Waals surface area (Å²) in [5.41, 5.74) is 1.10. The van der Waals surface area contributed by atoms with Crippen LogP contribution in [0.5, 0.6) is 0 Å². The third kappa shape index (κ3) is 3.98. The van der Waals surface area contributed by atoms with Crippen LogP contribution in [0.3, 0.4) is 0 Å². The Labute approximate surface area is 158 Å². The number of morpholine rings is 1. The molecular weight excluding hydrogens is 348 g/mol. The summed E-state index contributed by atoms with van der Waals surface area (Å²) in [7, 11) is -3.40. The Morgan fingerprint density at radius 3 is 2.38 bits per heavy atom. The summed E-state index contributed by atoms with van der Waals surface area (Å²) in [6, 6.07) is 7.47. The fourth-order valence-corrected chi connectivity index (χ4v) is 5.95. The normalized spacial score (nSPS) is 29.0. The van der Waals surface area contributed by atoms with Crippen LogP contribution >= 0.6 is 0 Å². The van der Waals surface area contributed by atoms with E-state index in [0.717, 1.165) is 29.9 Å². The molecule has 1 aromatic carbocycles. The smallest absolute Gasteiger partial charge is 0.243 e. The van der Waals surface area contributed by atoms with Gasteiger partial charge >= 0.3 is 0 Å². The van der Waals surface area contributed by atoms with Gasteiger partial charge in [-0.2, -0.15) is 4.31 Å². The molecule has 2 atom stereocenters. The molecule has 6 heteroatoms. The van der Waals surface area contributed by atoms with Gasteiger partial charge in [-0.05, 0) is 35.4 Å². The summed E-state index contributed by atoms with van der Waals surface area (Å²) >= 11 is 0. The zero-order valence-corrected chi connectivity index (χ0v) is 17.0. The Hall–Kier alpha value is -0.950. The molecule has 0 N–H and O–H groups in total. The van der Waals surface area contributed by atoms with Crippen LogP contribution < -0.4 is 0 Å². The highest BCUT2D eigenvalue weighted by Gasteiger charge is 2.53. The van der Waals surface area contributed by atoms with Crippen molar-refractivity contribution >= 4 is 10.0 Å². The molecule has 3 fully saturated rings. The maximum Gasteiger partial charge on any atom is 0.243 e. The molecule has 1 saturated carbocycles. The Morgan fingerprint density at radius 1 is 1.12 bits per heavy atom. The van der Waals surface area contributed by atoms with Gasteiger partial charge in [0.05, 0.1) is 18.1 Å². The van der Waals surface area contributed by atoms with Gasteiger partial charge in [0, 0.05) is 32.7 Å². The Bertz CT molecular complexity index is 689. The zero-order chi connectivity index (χ0) is 18.7. The van der Waals surface area contributed by atoms with Crippen molar-refractivity contribution in [2.24, 2.45) is 17.8 Å². The second-order valence-electron chi connectivity index (χ2n) is 7.26. The summed E-state index contributed by atoms with van der Waals surface area (Å²) in [6.07, 6.45) is 1.30. The van der Waals surface area contributed by atoms with Gasteiger partial charge in [-0.25, -0.2) is 8.42 Å².